The number of esters is 1. The summed E-state index contributed by atoms with van der Waals surface area (Å²) in [5.74, 6) is -1.08. The van der Waals surface area contributed by atoms with E-state index in [4.69, 9.17) is 16.0 Å². The number of rotatable bonds is 10. The van der Waals surface area contributed by atoms with Gasteiger partial charge in [-0.25, -0.2) is 4.79 Å². The summed E-state index contributed by atoms with van der Waals surface area (Å²) >= 11 is 0. The van der Waals surface area contributed by atoms with Crippen molar-refractivity contribution in [2.45, 2.75) is 57.4 Å². The van der Waals surface area contributed by atoms with Crippen molar-refractivity contribution >= 4 is 29.0 Å². The average Bonchev–Trinajstić information content (AvgIpc) is 3.06. The monoisotopic (exact) mass is 402 g/mol. The number of benzene rings is 1. The van der Waals surface area contributed by atoms with Crippen LogP contribution in [0.4, 0.5) is 0 Å². The molecule has 0 aliphatic rings. The molecular weight excluding hydrogens is 374 g/mol. The fraction of sp³-hybridized carbons (Fsp3) is 0.450. The van der Waals surface area contributed by atoms with Gasteiger partial charge in [0.15, 0.2) is 6.10 Å². The largest absolute Gasteiger partial charge is 0.461 e. The average molecular weight is 402 g/mol. The predicted molar refractivity (Wildman–Crippen MR) is 107 cm³/mol. The number of aliphatic hydroxyl groups is 1. The highest BCUT2D eigenvalue weighted by Gasteiger charge is 2.27. The van der Waals surface area contributed by atoms with Crippen LogP contribution < -0.4 is 11.1 Å². The fourth-order valence-corrected chi connectivity index (χ4v) is 2.91. The van der Waals surface area contributed by atoms with Gasteiger partial charge in [-0.1, -0.05) is 18.2 Å². The number of nitrogens with one attached hydrogen (secondary N) is 3. The highest BCUT2D eigenvalue weighted by atomic mass is 16.5. The molecule has 1 amide bonds. The highest BCUT2D eigenvalue weighted by Crippen LogP contribution is 2.15. The smallest absolute Gasteiger partial charge is 0.335 e. The van der Waals surface area contributed by atoms with E-state index in [1.165, 1.54) is 0 Å². The molecule has 2 rings (SSSR count). The normalized spacial score (nSPS) is 14.1. The molecule has 9 heteroatoms. The number of carbonyl (C=O) groups excluding carboxylic acids is 2. The molecule has 1 heterocycles. The number of H-pyrrole nitrogens is 1. The zero-order chi connectivity index (χ0) is 21.4. The number of aromatic nitrogens is 1. The molecule has 0 spiro atoms. The number of para-hydroxylation sites is 1. The molecule has 1 aromatic carbocycles. The predicted octanol–water partition coefficient (Wildman–Crippen LogP) is 0.925. The van der Waals surface area contributed by atoms with Crippen LogP contribution in [0.2, 0.25) is 0 Å². The summed E-state index contributed by atoms with van der Waals surface area (Å²) in [6.45, 7) is 3.42. The van der Waals surface area contributed by atoms with E-state index in [9.17, 15) is 14.7 Å². The lowest BCUT2D eigenvalue weighted by molar-refractivity contribution is -0.152. The Morgan fingerprint density at radius 2 is 2.07 bits per heavy atom. The van der Waals surface area contributed by atoms with Gasteiger partial charge in [0.1, 0.15) is 6.04 Å². The minimum absolute atomic E-state index is 0.129. The second-order valence-electron chi connectivity index (χ2n) is 7.16. The zero-order valence-electron chi connectivity index (χ0n) is 16.6. The minimum Gasteiger partial charge on any atom is -0.461 e. The first kappa shape index (κ1) is 22.3. The summed E-state index contributed by atoms with van der Waals surface area (Å²) in [6.07, 6.45) is 0.261. The number of hydrogen-bond donors (Lipinski definition) is 5. The van der Waals surface area contributed by atoms with Gasteiger partial charge >= 0.3 is 12.2 Å². The zero-order valence-corrected chi connectivity index (χ0v) is 16.6. The second kappa shape index (κ2) is 10.5. The molecule has 0 aliphatic heterocycles. The lowest BCUT2D eigenvalue weighted by Gasteiger charge is -2.21. The number of nitrogens with two attached hydrogens (primary N) is 1. The standard InChI is InChI=1S/C20H27N5O4/c1-12(2)29-20(28)18(8-7-15(26)11-23-22)25-19(27)16(21)10-14-9-13-5-3-4-6-17(13)24-14/h3-6,9,11-12,15-16,18,22,24,26H,7-8,10,21H2,1-2H3/p+1/t15?,16-,18-/m0/s1. The van der Waals surface area contributed by atoms with Gasteiger partial charge in [0, 0.05) is 22.4 Å². The second-order valence-corrected chi connectivity index (χ2v) is 7.16. The third-order valence-electron chi connectivity index (χ3n) is 4.31. The van der Waals surface area contributed by atoms with E-state index in [2.05, 4.69) is 15.1 Å². The molecule has 9 nitrogen and oxygen atoms in total. The summed E-state index contributed by atoms with van der Waals surface area (Å²) in [6, 6.07) is 7.86. The number of carbonyl (C=O) groups is 2. The summed E-state index contributed by atoms with van der Waals surface area (Å²) in [4.78, 5) is 31.1. The fourth-order valence-electron chi connectivity index (χ4n) is 2.91. The number of amides is 1. The lowest BCUT2D eigenvalue weighted by Crippen LogP contribution is -2.50. The Bertz CT molecular complexity index is 855. The lowest BCUT2D eigenvalue weighted by atomic mass is 10.1. The van der Waals surface area contributed by atoms with Crippen LogP contribution in [0.25, 0.3) is 10.9 Å². The van der Waals surface area contributed by atoms with E-state index in [0.29, 0.717) is 0 Å². The van der Waals surface area contributed by atoms with Gasteiger partial charge in [0.05, 0.1) is 17.7 Å². The quantitative estimate of drug-likeness (QED) is 0.173. The number of hydrogen-bond acceptors (Lipinski definition) is 6. The molecule has 0 aliphatic carbocycles. The maximum Gasteiger partial charge on any atom is 0.335 e. The summed E-state index contributed by atoms with van der Waals surface area (Å²) in [7, 11) is 0. The van der Waals surface area contributed by atoms with E-state index in [0.717, 1.165) is 22.8 Å². The molecule has 0 saturated heterocycles. The molecule has 1 unspecified atom stereocenters. The van der Waals surface area contributed by atoms with Gasteiger partial charge in [-0.05, 0) is 44.2 Å². The molecule has 6 N–H and O–H groups in total. The Labute approximate surface area is 168 Å². The van der Waals surface area contributed by atoms with Crippen molar-refractivity contribution in [3.63, 3.8) is 0 Å². The van der Waals surface area contributed by atoms with Crippen molar-refractivity contribution < 1.29 is 24.2 Å². The number of fused-ring (bicyclic) bond motifs is 1. The Morgan fingerprint density at radius 1 is 1.34 bits per heavy atom. The van der Waals surface area contributed by atoms with Gasteiger partial charge in [-0.2, -0.15) is 0 Å². The molecule has 1 aromatic heterocycles. The molecule has 0 radical (unpaired) electrons. The van der Waals surface area contributed by atoms with Gasteiger partial charge in [-0.3, -0.25) is 4.79 Å². The summed E-state index contributed by atoms with van der Waals surface area (Å²) < 4.78 is 5.19. The van der Waals surface area contributed by atoms with Crippen molar-refractivity contribution in [1.82, 2.24) is 10.3 Å². The number of aliphatic hydroxyl groups excluding tert-OH is 1. The number of aromatic amines is 1. The van der Waals surface area contributed by atoms with Crippen LogP contribution in [-0.4, -0.2) is 57.3 Å². The molecule has 0 bridgehead atoms. The van der Waals surface area contributed by atoms with Crippen LogP contribution in [0.5, 0.6) is 0 Å². The number of ether oxygens (including phenoxy) is 1. The molecular formula is C20H28N5O4+. The minimum atomic E-state index is -0.987. The van der Waals surface area contributed by atoms with E-state index in [1.54, 1.807) is 13.8 Å². The first-order valence-corrected chi connectivity index (χ1v) is 9.51. The molecule has 156 valence electrons. The van der Waals surface area contributed by atoms with Gasteiger partial charge in [0.2, 0.25) is 5.91 Å². The SMILES string of the molecule is CC(C)OC(=O)[C@H](CCC(O)C=[N+]=N)NC(=O)[C@@H](N)Cc1cc2ccccc2[nH]1. The first-order valence-electron chi connectivity index (χ1n) is 9.51. The summed E-state index contributed by atoms with van der Waals surface area (Å²) in [5, 5.41) is 13.4. The van der Waals surface area contributed by atoms with Crippen molar-refractivity contribution in [2.24, 2.45) is 5.73 Å². The molecule has 3 atom stereocenters. The van der Waals surface area contributed by atoms with E-state index in [1.807, 2.05) is 30.3 Å². The van der Waals surface area contributed by atoms with Gasteiger partial charge in [-0.15, -0.1) is 0 Å². The van der Waals surface area contributed by atoms with E-state index < -0.39 is 30.1 Å². The number of nitrogens with zero attached hydrogens (tertiary/aromatic N) is 1. The van der Waals surface area contributed by atoms with Crippen LogP contribution in [0.15, 0.2) is 30.3 Å². The van der Waals surface area contributed by atoms with Crippen molar-refractivity contribution in [1.29, 1.82) is 5.53 Å². The topological polar surface area (TPSA) is 155 Å². The van der Waals surface area contributed by atoms with Gasteiger partial charge < -0.3 is 25.9 Å². The molecule has 0 saturated carbocycles. The van der Waals surface area contributed by atoms with Crippen molar-refractivity contribution in [3.8, 4) is 0 Å². The first-order chi connectivity index (χ1) is 13.8. The maximum atomic E-state index is 12.6. The van der Waals surface area contributed by atoms with E-state index in [-0.39, 0.29) is 25.4 Å². The Morgan fingerprint density at radius 3 is 2.72 bits per heavy atom. The van der Waals surface area contributed by atoms with E-state index >= 15 is 0 Å². The third-order valence-corrected chi connectivity index (χ3v) is 4.31. The van der Waals surface area contributed by atoms with Gasteiger partial charge in [0.25, 0.3) is 0 Å². The summed E-state index contributed by atoms with van der Waals surface area (Å²) in [5.41, 5.74) is 14.6. The van der Waals surface area contributed by atoms with Crippen LogP contribution in [0.1, 0.15) is 32.4 Å². The Kier molecular flexibility index (Phi) is 8.09. The molecule has 0 fully saturated rings. The molecule has 2 aromatic rings. The molecule has 29 heavy (non-hydrogen) atoms. The van der Waals surface area contributed by atoms with Crippen molar-refractivity contribution in [2.75, 3.05) is 0 Å². The maximum absolute atomic E-state index is 12.6. The Hall–Kier alpha value is -3.00. The van der Waals surface area contributed by atoms with Crippen LogP contribution in [-0.2, 0) is 20.7 Å². The third kappa shape index (κ3) is 6.83. The van der Waals surface area contributed by atoms with Crippen LogP contribution in [0, 0.1) is 5.53 Å². The van der Waals surface area contributed by atoms with Crippen LogP contribution in [0.3, 0.4) is 0 Å². The van der Waals surface area contributed by atoms with Crippen LogP contribution >= 0.6 is 0 Å². The van der Waals surface area contributed by atoms with Crippen molar-refractivity contribution in [3.05, 3.63) is 36.0 Å². The Balaban J connectivity index is 2.01. The highest BCUT2D eigenvalue weighted by molar-refractivity contribution is 5.88.